The Hall–Kier alpha value is -1.12. The van der Waals surface area contributed by atoms with E-state index in [2.05, 4.69) is 6.58 Å². The van der Waals surface area contributed by atoms with Crippen LogP contribution in [-0.4, -0.2) is 17.4 Å². The predicted octanol–water partition coefficient (Wildman–Crippen LogP) is 0.216. The SMILES string of the molecule is C=C(C=O)CC(=O)O. The van der Waals surface area contributed by atoms with Crippen LogP contribution in [0.1, 0.15) is 6.42 Å². The third-order valence-corrected chi connectivity index (χ3v) is 0.545. The number of aliphatic carboxylic acids is 1. The standard InChI is InChI=1S/C5H6O3/c1-4(3-6)2-5(7)8/h3H,1-2H2,(H,7,8). The molecule has 0 aliphatic rings. The van der Waals surface area contributed by atoms with Gasteiger partial charge in [0.25, 0.3) is 0 Å². The molecule has 0 radical (unpaired) electrons. The van der Waals surface area contributed by atoms with Crippen molar-refractivity contribution in [2.75, 3.05) is 0 Å². The highest BCUT2D eigenvalue weighted by molar-refractivity contribution is 5.82. The number of hydrogen-bond donors (Lipinski definition) is 1. The second-order valence-corrected chi connectivity index (χ2v) is 1.35. The van der Waals surface area contributed by atoms with Crippen molar-refractivity contribution in [3.05, 3.63) is 12.2 Å². The van der Waals surface area contributed by atoms with Crippen molar-refractivity contribution in [3.8, 4) is 0 Å². The molecular weight excluding hydrogens is 108 g/mol. The molecule has 0 aromatic carbocycles. The molecule has 0 bridgehead atoms. The third kappa shape index (κ3) is 3.08. The zero-order chi connectivity index (χ0) is 6.57. The summed E-state index contributed by atoms with van der Waals surface area (Å²) in [5.41, 5.74) is 0.0949. The van der Waals surface area contributed by atoms with Gasteiger partial charge >= 0.3 is 5.97 Å². The number of carboxylic acids is 1. The second-order valence-electron chi connectivity index (χ2n) is 1.35. The molecule has 0 aliphatic heterocycles. The van der Waals surface area contributed by atoms with E-state index in [1.54, 1.807) is 0 Å². The van der Waals surface area contributed by atoms with E-state index >= 15 is 0 Å². The van der Waals surface area contributed by atoms with Gasteiger partial charge in [-0.05, 0) is 5.57 Å². The van der Waals surface area contributed by atoms with Crippen LogP contribution in [0.25, 0.3) is 0 Å². The minimum absolute atomic E-state index is 0.0949. The lowest BCUT2D eigenvalue weighted by atomic mass is 10.2. The molecule has 1 N–H and O–H groups in total. The molecule has 0 rings (SSSR count). The van der Waals surface area contributed by atoms with E-state index in [0.29, 0.717) is 6.29 Å². The molecule has 0 fully saturated rings. The molecule has 0 aliphatic carbocycles. The quantitative estimate of drug-likeness (QED) is 0.421. The van der Waals surface area contributed by atoms with Crippen molar-refractivity contribution < 1.29 is 14.7 Å². The monoisotopic (exact) mass is 114 g/mol. The van der Waals surface area contributed by atoms with E-state index in [0.717, 1.165) is 0 Å². The molecule has 0 saturated carbocycles. The van der Waals surface area contributed by atoms with Gasteiger partial charge in [-0.25, -0.2) is 0 Å². The molecule has 0 saturated heterocycles. The minimum atomic E-state index is -1.03. The Morgan fingerprint density at radius 3 is 2.38 bits per heavy atom. The second kappa shape index (κ2) is 2.96. The summed E-state index contributed by atoms with van der Waals surface area (Å²) < 4.78 is 0. The van der Waals surface area contributed by atoms with Crippen LogP contribution in [-0.2, 0) is 9.59 Å². The van der Waals surface area contributed by atoms with Gasteiger partial charge in [0, 0.05) is 0 Å². The average Bonchev–Trinajstić information content (AvgIpc) is 1.65. The van der Waals surface area contributed by atoms with Crippen molar-refractivity contribution in [2.45, 2.75) is 6.42 Å². The van der Waals surface area contributed by atoms with E-state index in [4.69, 9.17) is 5.11 Å². The number of carboxylic acid groups (broad SMARTS) is 1. The predicted molar refractivity (Wildman–Crippen MR) is 27.5 cm³/mol. The normalized spacial score (nSPS) is 8.00. The summed E-state index contributed by atoms with van der Waals surface area (Å²) in [6.45, 7) is 3.16. The molecule has 0 spiro atoms. The fraction of sp³-hybridized carbons (Fsp3) is 0.200. The summed E-state index contributed by atoms with van der Waals surface area (Å²) in [6, 6.07) is 0. The molecule has 0 heterocycles. The van der Waals surface area contributed by atoms with E-state index in [9.17, 15) is 9.59 Å². The minimum Gasteiger partial charge on any atom is -0.481 e. The summed E-state index contributed by atoms with van der Waals surface area (Å²) in [7, 11) is 0. The van der Waals surface area contributed by atoms with Crippen LogP contribution in [0.4, 0.5) is 0 Å². The zero-order valence-corrected chi connectivity index (χ0v) is 4.26. The number of carbonyl (C=O) groups is 2. The Labute approximate surface area is 46.6 Å². The van der Waals surface area contributed by atoms with Gasteiger partial charge in [-0.3, -0.25) is 9.59 Å². The number of hydrogen-bond acceptors (Lipinski definition) is 2. The number of carbonyl (C=O) groups excluding carboxylic acids is 1. The molecule has 0 atom stereocenters. The molecular formula is C5H6O3. The van der Waals surface area contributed by atoms with Crippen LogP contribution in [0.5, 0.6) is 0 Å². The van der Waals surface area contributed by atoms with Gasteiger partial charge in [0.2, 0.25) is 0 Å². The van der Waals surface area contributed by atoms with Crippen molar-refractivity contribution in [3.63, 3.8) is 0 Å². The maximum absolute atomic E-state index is 9.75. The first-order valence-electron chi connectivity index (χ1n) is 2.01. The molecule has 3 heteroatoms. The van der Waals surface area contributed by atoms with Crippen LogP contribution >= 0.6 is 0 Å². The lowest BCUT2D eigenvalue weighted by Gasteiger charge is -1.85. The first kappa shape index (κ1) is 6.88. The van der Waals surface area contributed by atoms with Gasteiger partial charge in [-0.15, -0.1) is 0 Å². The van der Waals surface area contributed by atoms with Crippen molar-refractivity contribution in [1.29, 1.82) is 0 Å². The van der Waals surface area contributed by atoms with Gasteiger partial charge in [0.05, 0.1) is 6.42 Å². The highest BCUT2D eigenvalue weighted by Crippen LogP contribution is 1.90. The first-order chi connectivity index (χ1) is 3.66. The summed E-state index contributed by atoms with van der Waals surface area (Å²) in [4.78, 5) is 19.4. The summed E-state index contributed by atoms with van der Waals surface area (Å²) in [5.74, 6) is -1.03. The first-order valence-corrected chi connectivity index (χ1v) is 2.01. The maximum atomic E-state index is 9.75. The molecule has 0 aromatic heterocycles. The van der Waals surface area contributed by atoms with Gasteiger partial charge in [-0.2, -0.15) is 0 Å². The van der Waals surface area contributed by atoms with Gasteiger partial charge in [-0.1, -0.05) is 6.58 Å². The Morgan fingerprint density at radius 2 is 2.25 bits per heavy atom. The van der Waals surface area contributed by atoms with E-state index < -0.39 is 5.97 Å². The highest BCUT2D eigenvalue weighted by Gasteiger charge is 1.97. The molecule has 0 amide bonds. The van der Waals surface area contributed by atoms with Gasteiger partial charge in [0.1, 0.15) is 6.29 Å². The number of rotatable bonds is 3. The molecule has 0 aromatic rings. The lowest BCUT2D eigenvalue weighted by Crippen LogP contribution is -1.96. The van der Waals surface area contributed by atoms with E-state index in [1.807, 2.05) is 0 Å². The summed E-state index contributed by atoms with van der Waals surface area (Å²) in [6.07, 6.45) is 0.178. The Morgan fingerprint density at radius 1 is 1.75 bits per heavy atom. The van der Waals surface area contributed by atoms with Crippen LogP contribution in [0, 0.1) is 0 Å². The van der Waals surface area contributed by atoms with Crippen LogP contribution in [0.3, 0.4) is 0 Å². The van der Waals surface area contributed by atoms with Crippen molar-refractivity contribution >= 4 is 12.3 Å². The number of aldehydes is 1. The molecule has 0 unspecified atom stereocenters. The average molecular weight is 114 g/mol. The van der Waals surface area contributed by atoms with Crippen molar-refractivity contribution in [2.24, 2.45) is 0 Å². The third-order valence-electron chi connectivity index (χ3n) is 0.545. The Balaban J connectivity index is 3.55. The highest BCUT2D eigenvalue weighted by atomic mass is 16.4. The largest absolute Gasteiger partial charge is 0.481 e. The van der Waals surface area contributed by atoms with Crippen LogP contribution in [0.2, 0.25) is 0 Å². The maximum Gasteiger partial charge on any atom is 0.307 e. The molecule has 8 heavy (non-hydrogen) atoms. The fourth-order valence-corrected chi connectivity index (χ4v) is 0.236. The summed E-state index contributed by atoms with van der Waals surface area (Å²) in [5, 5.41) is 8.00. The fourth-order valence-electron chi connectivity index (χ4n) is 0.236. The zero-order valence-electron chi connectivity index (χ0n) is 4.26. The van der Waals surface area contributed by atoms with Gasteiger partial charge < -0.3 is 5.11 Å². The topological polar surface area (TPSA) is 54.4 Å². The van der Waals surface area contributed by atoms with Crippen molar-refractivity contribution in [1.82, 2.24) is 0 Å². The lowest BCUT2D eigenvalue weighted by molar-refractivity contribution is -0.136. The van der Waals surface area contributed by atoms with Gasteiger partial charge in [0.15, 0.2) is 0 Å². The summed E-state index contributed by atoms with van der Waals surface area (Å²) >= 11 is 0. The Kier molecular flexibility index (Phi) is 2.54. The molecule has 44 valence electrons. The smallest absolute Gasteiger partial charge is 0.307 e. The van der Waals surface area contributed by atoms with E-state index in [-0.39, 0.29) is 12.0 Å². The van der Waals surface area contributed by atoms with Crippen LogP contribution < -0.4 is 0 Å². The van der Waals surface area contributed by atoms with Crippen LogP contribution in [0.15, 0.2) is 12.2 Å². The molecule has 3 nitrogen and oxygen atoms in total. The Bertz CT molecular complexity index is 126. The van der Waals surface area contributed by atoms with E-state index in [1.165, 1.54) is 0 Å².